The molecule has 0 radical (unpaired) electrons. The lowest BCUT2D eigenvalue weighted by Crippen LogP contribution is -2.24. The molecule has 0 saturated heterocycles. The molecule has 3 aromatic carbocycles. The number of halogens is 1. The average molecular weight is 498 g/mol. The highest BCUT2D eigenvalue weighted by atomic mass is 35.5. The predicted molar refractivity (Wildman–Crippen MR) is 142 cm³/mol. The van der Waals surface area contributed by atoms with E-state index in [0.29, 0.717) is 34.5 Å². The number of rotatable bonds is 7. The molecule has 0 fully saturated rings. The Morgan fingerprint density at radius 1 is 1.03 bits per heavy atom. The van der Waals surface area contributed by atoms with Crippen molar-refractivity contribution >= 4 is 40.7 Å². The number of benzene rings is 3. The summed E-state index contributed by atoms with van der Waals surface area (Å²) in [4.78, 5) is 33.8. The fourth-order valence-electron chi connectivity index (χ4n) is 4.10. The molecule has 1 aliphatic rings. The van der Waals surface area contributed by atoms with Gasteiger partial charge in [0.1, 0.15) is 0 Å². The molecule has 0 bridgehead atoms. The van der Waals surface area contributed by atoms with Crippen molar-refractivity contribution in [2.45, 2.75) is 19.3 Å². The van der Waals surface area contributed by atoms with Gasteiger partial charge in [-0.15, -0.1) is 0 Å². The summed E-state index contributed by atoms with van der Waals surface area (Å²) in [6, 6.07) is 22.7. The molecule has 36 heavy (non-hydrogen) atoms. The van der Waals surface area contributed by atoms with Gasteiger partial charge in [0.2, 0.25) is 11.9 Å². The molecule has 0 aliphatic carbocycles. The van der Waals surface area contributed by atoms with Crippen LogP contribution in [0.5, 0.6) is 0 Å². The third-order valence-electron chi connectivity index (χ3n) is 5.90. The van der Waals surface area contributed by atoms with Crippen molar-refractivity contribution in [2.75, 3.05) is 17.2 Å². The van der Waals surface area contributed by atoms with Gasteiger partial charge in [0, 0.05) is 40.1 Å². The van der Waals surface area contributed by atoms with Gasteiger partial charge in [-0.3, -0.25) is 9.59 Å². The summed E-state index contributed by atoms with van der Waals surface area (Å²) in [7, 11) is 0. The van der Waals surface area contributed by atoms with E-state index in [4.69, 9.17) is 11.6 Å². The summed E-state index contributed by atoms with van der Waals surface area (Å²) in [6.07, 6.45) is 3.64. The molecule has 3 N–H and O–H groups in total. The standard InChI is InChI=1S/C28H24ClN5O2/c29-21-10-13-23-24(16-21)33-25(35)15-20-17-31-28(34-26(20)23)32-22-11-8-19(9-12-22)27(36)30-14-4-7-18-5-2-1-3-6-18/h1-3,5-6,8-13,16-17H,4,7,14-15H2,(H,30,36)(H,33,35)(H,31,32,34). The highest BCUT2D eigenvalue weighted by Crippen LogP contribution is 2.34. The number of carbonyl (C=O) groups is 2. The zero-order valence-corrected chi connectivity index (χ0v) is 20.2. The van der Waals surface area contributed by atoms with Gasteiger partial charge in [0.25, 0.3) is 5.91 Å². The number of aryl methyl sites for hydroxylation is 1. The summed E-state index contributed by atoms with van der Waals surface area (Å²) in [5.41, 5.74) is 5.40. The monoisotopic (exact) mass is 497 g/mol. The minimum absolute atomic E-state index is 0.108. The molecule has 2 heterocycles. The van der Waals surface area contributed by atoms with Gasteiger partial charge in [-0.05, 0) is 60.9 Å². The van der Waals surface area contributed by atoms with Crippen LogP contribution >= 0.6 is 11.6 Å². The van der Waals surface area contributed by atoms with Crippen LogP contribution in [0.3, 0.4) is 0 Å². The van der Waals surface area contributed by atoms with Crippen molar-refractivity contribution in [3.63, 3.8) is 0 Å². The lowest BCUT2D eigenvalue weighted by atomic mass is 10.1. The largest absolute Gasteiger partial charge is 0.352 e. The minimum Gasteiger partial charge on any atom is -0.352 e. The highest BCUT2D eigenvalue weighted by molar-refractivity contribution is 6.31. The van der Waals surface area contributed by atoms with E-state index in [-0.39, 0.29) is 18.2 Å². The second-order valence-corrected chi connectivity index (χ2v) is 8.97. The van der Waals surface area contributed by atoms with E-state index in [1.165, 1.54) is 5.56 Å². The number of nitrogens with zero attached hydrogens (tertiary/aromatic N) is 2. The summed E-state index contributed by atoms with van der Waals surface area (Å²) in [5.74, 6) is 0.140. The zero-order chi connectivity index (χ0) is 24.9. The maximum atomic E-state index is 12.5. The van der Waals surface area contributed by atoms with Crippen molar-refractivity contribution in [1.82, 2.24) is 15.3 Å². The molecular formula is C28H24ClN5O2. The number of hydrogen-bond acceptors (Lipinski definition) is 5. The normalized spacial score (nSPS) is 12.1. The lowest BCUT2D eigenvalue weighted by molar-refractivity contribution is -0.115. The maximum Gasteiger partial charge on any atom is 0.251 e. The summed E-state index contributed by atoms with van der Waals surface area (Å²) < 4.78 is 0. The second-order valence-electron chi connectivity index (χ2n) is 8.53. The van der Waals surface area contributed by atoms with Crippen LogP contribution in [0.25, 0.3) is 11.3 Å². The van der Waals surface area contributed by atoms with Gasteiger partial charge in [-0.25, -0.2) is 9.97 Å². The van der Waals surface area contributed by atoms with E-state index in [0.717, 1.165) is 29.7 Å². The van der Waals surface area contributed by atoms with Gasteiger partial charge in [-0.1, -0.05) is 41.9 Å². The van der Waals surface area contributed by atoms with Crippen molar-refractivity contribution in [3.05, 3.63) is 101 Å². The topological polar surface area (TPSA) is 96.0 Å². The molecule has 8 heteroatoms. The highest BCUT2D eigenvalue weighted by Gasteiger charge is 2.21. The van der Waals surface area contributed by atoms with E-state index in [9.17, 15) is 9.59 Å². The Kier molecular flexibility index (Phi) is 6.91. The van der Waals surface area contributed by atoms with Crippen molar-refractivity contribution in [1.29, 1.82) is 0 Å². The number of nitrogens with one attached hydrogen (secondary N) is 3. The Bertz CT molecular complexity index is 1410. The molecule has 180 valence electrons. The average Bonchev–Trinajstić information content (AvgIpc) is 3.02. The van der Waals surface area contributed by atoms with Crippen LogP contribution in [0.1, 0.15) is 27.9 Å². The summed E-state index contributed by atoms with van der Waals surface area (Å²) in [6.45, 7) is 0.612. The number of fused-ring (bicyclic) bond motifs is 3. The third-order valence-corrected chi connectivity index (χ3v) is 6.14. The van der Waals surface area contributed by atoms with Crippen molar-refractivity contribution in [3.8, 4) is 11.3 Å². The van der Waals surface area contributed by atoms with Gasteiger partial charge in [0.05, 0.1) is 17.8 Å². The van der Waals surface area contributed by atoms with E-state index in [1.807, 2.05) is 36.4 Å². The van der Waals surface area contributed by atoms with Gasteiger partial charge in [0.15, 0.2) is 0 Å². The Balaban J connectivity index is 1.23. The van der Waals surface area contributed by atoms with Gasteiger partial charge >= 0.3 is 0 Å². The fraction of sp³-hybridized carbons (Fsp3) is 0.143. The number of aromatic nitrogens is 2. The first-order valence-corrected chi connectivity index (χ1v) is 12.1. The Hall–Kier alpha value is -4.23. The minimum atomic E-state index is -0.143. The number of anilines is 3. The third kappa shape index (κ3) is 5.53. The van der Waals surface area contributed by atoms with Crippen LogP contribution in [0.4, 0.5) is 17.3 Å². The first-order chi connectivity index (χ1) is 17.5. The quantitative estimate of drug-likeness (QED) is 0.297. The van der Waals surface area contributed by atoms with Crippen molar-refractivity contribution in [2.24, 2.45) is 0 Å². The Labute approximate surface area is 214 Å². The second kappa shape index (κ2) is 10.6. The fourth-order valence-corrected chi connectivity index (χ4v) is 4.27. The van der Waals surface area contributed by atoms with E-state index >= 15 is 0 Å². The summed E-state index contributed by atoms with van der Waals surface area (Å²) >= 11 is 6.11. The molecule has 1 aliphatic heterocycles. The number of hydrogen-bond donors (Lipinski definition) is 3. The van der Waals surface area contributed by atoms with Crippen LogP contribution in [0.15, 0.2) is 79.0 Å². The molecule has 4 aromatic rings. The predicted octanol–water partition coefficient (Wildman–Crippen LogP) is 5.40. The molecule has 0 atom stereocenters. The molecule has 0 saturated carbocycles. The SMILES string of the molecule is O=C1Cc2cnc(Nc3ccc(C(=O)NCCCc4ccccc4)cc3)nc2-c2ccc(Cl)cc2N1. The molecular weight excluding hydrogens is 474 g/mol. The molecule has 2 amide bonds. The van der Waals surface area contributed by atoms with Crippen molar-refractivity contribution < 1.29 is 9.59 Å². The number of carbonyl (C=O) groups excluding carboxylic acids is 2. The zero-order valence-electron chi connectivity index (χ0n) is 19.4. The maximum absolute atomic E-state index is 12.5. The molecule has 1 aromatic heterocycles. The first-order valence-electron chi connectivity index (χ1n) is 11.7. The molecule has 7 nitrogen and oxygen atoms in total. The number of amides is 2. The first kappa shape index (κ1) is 23.5. The van der Waals surface area contributed by atoms with Crippen LogP contribution in [-0.4, -0.2) is 28.3 Å². The smallest absolute Gasteiger partial charge is 0.251 e. The van der Waals surface area contributed by atoms with E-state index < -0.39 is 0 Å². The van der Waals surface area contributed by atoms with E-state index in [2.05, 4.69) is 38.1 Å². The Morgan fingerprint density at radius 2 is 1.83 bits per heavy atom. The molecule has 0 spiro atoms. The van der Waals surface area contributed by atoms with Crippen LogP contribution < -0.4 is 16.0 Å². The van der Waals surface area contributed by atoms with Crippen LogP contribution in [0, 0.1) is 0 Å². The van der Waals surface area contributed by atoms with Gasteiger partial charge in [-0.2, -0.15) is 0 Å². The van der Waals surface area contributed by atoms with Crippen LogP contribution in [0.2, 0.25) is 5.02 Å². The Morgan fingerprint density at radius 3 is 2.64 bits per heavy atom. The van der Waals surface area contributed by atoms with Crippen LogP contribution in [-0.2, 0) is 17.6 Å². The molecule has 5 rings (SSSR count). The summed E-state index contributed by atoms with van der Waals surface area (Å²) in [5, 5.41) is 9.55. The van der Waals surface area contributed by atoms with Gasteiger partial charge < -0.3 is 16.0 Å². The van der Waals surface area contributed by atoms with E-state index in [1.54, 1.807) is 30.5 Å². The lowest BCUT2D eigenvalue weighted by Gasteiger charge is -2.11. The molecule has 0 unspecified atom stereocenters.